The van der Waals surface area contributed by atoms with Crippen molar-refractivity contribution in [1.82, 2.24) is 15.5 Å². The van der Waals surface area contributed by atoms with Gasteiger partial charge in [-0.2, -0.15) is 0 Å². The lowest BCUT2D eigenvalue weighted by molar-refractivity contribution is -0.149. The Kier molecular flexibility index (Phi) is 5.77. The Bertz CT molecular complexity index is 742. The molecule has 2 N–H and O–H groups in total. The number of nitrogens with zero attached hydrogens (tertiary/aromatic N) is 1. The fraction of sp³-hybridized carbons (Fsp3) is 0.826. The highest BCUT2D eigenvalue weighted by Gasteiger charge is 2.53. The average Bonchev–Trinajstić information content (AvgIpc) is 2.86. The molecular formula is C23H35N3O5. The molecule has 4 amide bonds. The van der Waals surface area contributed by atoms with Crippen molar-refractivity contribution >= 4 is 23.8 Å². The van der Waals surface area contributed by atoms with Gasteiger partial charge >= 0.3 is 12.0 Å². The first kappa shape index (κ1) is 22.1. The summed E-state index contributed by atoms with van der Waals surface area (Å²) in [6.45, 7) is 5.26. The second-order valence-electron chi connectivity index (χ2n) is 10.8. The molecule has 0 aromatic rings. The molecule has 172 valence electrons. The monoisotopic (exact) mass is 433 g/mol. The minimum atomic E-state index is -0.914. The molecule has 1 aliphatic heterocycles. The van der Waals surface area contributed by atoms with Crippen LogP contribution in [0, 0.1) is 23.2 Å². The summed E-state index contributed by atoms with van der Waals surface area (Å²) in [5.41, 5.74) is -0.700. The maximum atomic E-state index is 12.4. The Labute approximate surface area is 183 Å². The fourth-order valence-electron chi connectivity index (χ4n) is 6.76. The summed E-state index contributed by atoms with van der Waals surface area (Å²) < 4.78 is 5.13. The molecule has 0 aromatic carbocycles. The SMILES string of the molecule is C[C@@H](NC(=O)COC(=O)CCCN1C(=O)NC(C)(C)C1=O)C12CC3CC(CC(C3)C1)C2. The summed E-state index contributed by atoms with van der Waals surface area (Å²) in [5, 5.41) is 5.70. The van der Waals surface area contributed by atoms with Crippen LogP contribution in [-0.4, -0.2) is 53.4 Å². The third kappa shape index (κ3) is 4.44. The first-order chi connectivity index (χ1) is 14.6. The molecule has 8 nitrogen and oxygen atoms in total. The van der Waals surface area contributed by atoms with Crippen LogP contribution in [0.5, 0.6) is 0 Å². The average molecular weight is 434 g/mol. The van der Waals surface area contributed by atoms with Crippen LogP contribution >= 0.6 is 0 Å². The van der Waals surface area contributed by atoms with Crippen molar-refractivity contribution in [2.75, 3.05) is 13.2 Å². The van der Waals surface area contributed by atoms with Gasteiger partial charge in [0, 0.05) is 19.0 Å². The fourth-order valence-corrected chi connectivity index (χ4v) is 6.76. The largest absolute Gasteiger partial charge is 0.456 e. The standard InChI is InChI=1S/C23H35N3O5/c1-14(23-10-15-7-16(11-23)9-17(8-15)12-23)24-18(27)13-31-19(28)5-4-6-26-20(29)22(2,3)25-21(26)30/h14-17H,4-13H2,1-3H3,(H,24,27)(H,25,30)/t14-,15?,16?,17?,23?/m1/s1. The first-order valence-electron chi connectivity index (χ1n) is 11.7. The lowest BCUT2D eigenvalue weighted by Crippen LogP contribution is -2.56. The van der Waals surface area contributed by atoms with E-state index in [9.17, 15) is 19.2 Å². The van der Waals surface area contributed by atoms with Crippen molar-refractivity contribution in [3.05, 3.63) is 0 Å². The Hall–Kier alpha value is -2.12. The predicted octanol–water partition coefficient (Wildman–Crippen LogP) is 2.36. The van der Waals surface area contributed by atoms with Gasteiger partial charge in [0.2, 0.25) is 0 Å². The van der Waals surface area contributed by atoms with Gasteiger partial charge in [0.05, 0.1) is 0 Å². The molecular weight excluding hydrogens is 398 g/mol. The number of ether oxygens (including phenoxy) is 1. The van der Waals surface area contributed by atoms with Crippen LogP contribution in [0.2, 0.25) is 0 Å². The van der Waals surface area contributed by atoms with Crippen molar-refractivity contribution in [3.8, 4) is 0 Å². The molecule has 4 saturated carbocycles. The van der Waals surface area contributed by atoms with Crippen LogP contribution in [0.1, 0.15) is 72.1 Å². The van der Waals surface area contributed by atoms with Gasteiger partial charge in [-0.3, -0.25) is 19.3 Å². The van der Waals surface area contributed by atoms with E-state index in [-0.39, 0.29) is 42.8 Å². The number of carbonyl (C=O) groups is 4. The predicted molar refractivity (Wildman–Crippen MR) is 113 cm³/mol. The topological polar surface area (TPSA) is 105 Å². The van der Waals surface area contributed by atoms with E-state index in [0.717, 1.165) is 22.7 Å². The number of imide groups is 1. The van der Waals surface area contributed by atoms with E-state index in [1.807, 2.05) is 0 Å². The molecule has 5 rings (SSSR count). The number of carbonyl (C=O) groups excluding carboxylic acids is 4. The number of urea groups is 1. The second-order valence-corrected chi connectivity index (χ2v) is 10.8. The van der Waals surface area contributed by atoms with Gasteiger partial charge in [-0.25, -0.2) is 4.79 Å². The van der Waals surface area contributed by atoms with Gasteiger partial charge in [-0.1, -0.05) is 0 Å². The van der Waals surface area contributed by atoms with Crippen molar-refractivity contribution < 1.29 is 23.9 Å². The number of esters is 1. The zero-order valence-electron chi connectivity index (χ0n) is 18.9. The van der Waals surface area contributed by atoms with Crippen molar-refractivity contribution in [2.45, 2.75) is 83.7 Å². The van der Waals surface area contributed by atoms with Gasteiger partial charge in [-0.15, -0.1) is 0 Å². The maximum absolute atomic E-state index is 12.4. The van der Waals surface area contributed by atoms with Crippen LogP contribution in [-0.2, 0) is 19.1 Å². The Morgan fingerprint density at radius 3 is 2.23 bits per heavy atom. The third-order valence-corrected chi connectivity index (χ3v) is 7.95. The number of hydrogen-bond donors (Lipinski definition) is 2. The van der Waals surface area contributed by atoms with Gasteiger partial charge in [0.15, 0.2) is 6.61 Å². The molecule has 0 unspecified atom stereocenters. The van der Waals surface area contributed by atoms with E-state index in [2.05, 4.69) is 17.6 Å². The lowest BCUT2D eigenvalue weighted by atomic mass is 9.48. The van der Waals surface area contributed by atoms with Gasteiger partial charge in [-0.05, 0) is 88.9 Å². The van der Waals surface area contributed by atoms with Crippen LogP contribution < -0.4 is 10.6 Å². The molecule has 31 heavy (non-hydrogen) atoms. The first-order valence-corrected chi connectivity index (χ1v) is 11.7. The minimum Gasteiger partial charge on any atom is -0.456 e. The van der Waals surface area contributed by atoms with Gasteiger partial charge in [0.1, 0.15) is 5.54 Å². The molecule has 1 atom stereocenters. The Morgan fingerprint density at radius 1 is 1.13 bits per heavy atom. The van der Waals surface area contributed by atoms with Crippen molar-refractivity contribution in [2.24, 2.45) is 23.2 Å². The zero-order valence-corrected chi connectivity index (χ0v) is 18.9. The molecule has 4 bridgehead atoms. The lowest BCUT2D eigenvalue weighted by Gasteiger charge is -2.59. The van der Waals surface area contributed by atoms with E-state index < -0.39 is 17.5 Å². The third-order valence-electron chi connectivity index (χ3n) is 7.95. The summed E-state index contributed by atoms with van der Waals surface area (Å²) >= 11 is 0. The molecule has 1 saturated heterocycles. The minimum absolute atomic E-state index is 0.0509. The maximum Gasteiger partial charge on any atom is 0.325 e. The number of hydrogen-bond acceptors (Lipinski definition) is 5. The smallest absolute Gasteiger partial charge is 0.325 e. The van der Waals surface area contributed by atoms with Crippen LogP contribution in [0.3, 0.4) is 0 Å². The quantitative estimate of drug-likeness (QED) is 0.452. The van der Waals surface area contributed by atoms with Crippen LogP contribution in [0.25, 0.3) is 0 Å². The molecule has 1 heterocycles. The van der Waals surface area contributed by atoms with E-state index >= 15 is 0 Å². The molecule has 0 aromatic heterocycles. The van der Waals surface area contributed by atoms with E-state index in [1.54, 1.807) is 13.8 Å². The number of rotatable bonds is 8. The zero-order chi connectivity index (χ0) is 22.4. The normalized spacial score (nSPS) is 33.9. The van der Waals surface area contributed by atoms with E-state index in [1.165, 1.54) is 38.5 Å². The summed E-state index contributed by atoms with van der Waals surface area (Å²) in [6.07, 6.45) is 8.06. The van der Waals surface area contributed by atoms with Gasteiger partial charge in [0.25, 0.3) is 11.8 Å². The molecule has 4 aliphatic carbocycles. The number of amides is 4. The highest BCUT2D eigenvalue weighted by Crippen LogP contribution is 2.61. The highest BCUT2D eigenvalue weighted by molar-refractivity contribution is 6.06. The second kappa shape index (κ2) is 8.10. The van der Waals surface area contributed by atoms with E-state index in [0.29, 0.717) is 6.42 Å². The summed E-state index contributed by atoms with van der Waals surface area (Å²) in [4.78, 5) is 49.5. The van der Waals surface area contributed by atoms with E-state index in [4.69, 9.17) is 4.74 Å². The summed E-state index contributed by atoms with van der Waals surface area (Å²) in [5.74, 6) is 1.40. The van der Waals surface area contributed by atoms with Crippen molar-refractivity contribution in [1.29, 1.82) is 0 Å². The van der Waals surface area contributed by atoms with Gasteiger partial charge < -0.3 is 15.4 Å². The summed E-state index contributed by atoms with van der Waals surface area (Å²) in [6, 6.07) is -0.350. The highest BCUT2D eigenvalue weighted by atomic mass is 16.5. The van der Waals surface area contributed by atoms with Crippen LogP contribution in [0.15, 0.2) is 0 Å². The number of nitrogens with one attached hydrogen (secondary N) is 2. The molecule has 5 fully saturated rings. The summed E-state index contributed by atoms with van der Waals surface area (Å²) in [7, 11) is 0. The Balaban J connectivity index is 1.17. The molecule has 0 spiro atoms. The molecule has 5 aliphatic rings. The van der Waals surface area contributed by atoms with Crippen LogP contribution in [0.4, 0.5) is 4.79 Å². The molecule has 8 heteroatoms. The molecule has 0 radical (unpaired) electrons. The Morgan fingerprint density at radius 2 is 1.71 bits per heavy atom. The van der Waals surface area contributed by atoms with Crippen molar-refractivity contribution in [3.63, 3.8) is 0 Å².